The van der Waals surface area contributed by atoms with E-state index >= 15 is 0 Å². The zero-order valence-electron chi connectivity index (χ0n) is 28.1. The van der Waals surface area contributed by atoms with E-state index in [1.54, 1.807) is 39.0 Å². The largest absolute Gasteiger partial charge is 0.444 e. The van der Waals surface area contributed by atoms with Gasteiger partial charge in [-0.05, 0) is 71.9 Å². The van der Waals surface area contributed by atoms with Gasteiger partial charge in [-0.3, -0.25) is 30.9 Å². The average Bonchev–Trinajstić information content (AvgIpc) is 3.69. The van der Waals surface area contributed by atoms with Crippen molar-refractivity contribution in [3.8, 4) is 0 Å². The van der Waals surface area contributed by atoms with Gasteiger partial charge in [0.05, 0.1) is 40.5 Å². The van der Waals surface area contributed by atoms with Crippen LogP contribution >= 0.6 is 34.0 Å². The Morgan fingerprint density at radius 2 is 1.04 bits per heavy atom. The van der Waals surface area contributed by atoms with Gasteiger partial charge in [0.1, 0.15) is 11.2 Å². The number of thiazole rings is 3. The normalized spacial score (nSPS) is 11.2. The first-order valence-corrected chi connectivity index (χ1v) is 17.2. The summed E-state index contributed by atoms with van der Waals surface area (Å²) < 4.78 is 12.6. The second-order valence-electron chi connectivity index (χ2n) is 12.4. The minimum absolute atomic E-state index is 0.00929. The van der Waals surface area contributed by atoms with Crippen molar-refractivity contribution in [2.24, 2.45) is 0 Å². The van der Waals surface area contributed by atoms with Crippen LogP contribution in [0.25, 0.3) is 30.6 Å². The number of nitro benzene ring substituents is 2. The quantitative estimate of drug-likeness (QED) is 0.0748. The van der Waals surface area contributed by atoms with Gasteiger partial charge in [0.15, 0.2) is 15.4 Å². The monoisotopic (exact) mass is 755 g/mol. The molecule has 3 aromatic carbocycles. The summed E-state index contributed by atoms with van der Waals surface area (Å²) in [7, 11) is 0. The zero-order chi connectivity index (χ0) is 37.7. The maximum atomic E-state index is 11.6. The number of rotatable bonds is 4. The maximum Gasteiger partial charge on any atom is 0.413 e. The number of hydrogen-bond donors (Lipinski definition) is 4. The van der Waals surface area contributed by atoms with Gasteiger partial charge >= 0.3 is 12.2 Å². The fourth-order valence-corrected chi connectivity index (χ4v) is 6.45. The van der Waals surface area contributed by atoms with E-state index in [1.165, 1.54) is 46.9 Å². The molecule has 0 bridgehead atoms. The van der Waals surface area contributed by atoms with E-state index in [-0.39, 0.29) is 11.4 Å². The third kappa shape index (κ3) is 11.4. The minimum Gasteiger partial charge on any atom is -0.444 e. The molecule has 0 unspecified atom stereocenters. The van der Waals surface area contributed by atoms with Crippen molar-refractivity contribution in [1.29, 1.82) is 0 Å². The third-order valence-electron chi connectivity index (χ3n) is 5.81. The molecule has 3 aromatic heterocycles. The van der Waals surface area contributed by atoms with Crippen LogP contribution in [0.5, 0.6) is 0 Å². The summed E-state index contributed by atoms with van der Waals surface area (Å²) in [6.45, 7) is 10.7. The van der Waals surface area contributed by atoms with Crippen molar-refractivity contribution in [3.63, 3.8) is 0 Å². The number of nitro groups is 2. The number of nitrogens with two attached hydrogens (primary N) is 2. The van der Waals surface area contributed by atoms with Gasteiger partial charge in [0, 0.05) is 30.0 Å². The van der Waals surface area contributed by atoms with Gasteiger partial charge in [0.2, 0.25) is 0 Å². The molecular weight excluding hydrogens is 723 g/mol. The number of nitrogens with one attached hydrogen (secondary N) is 2. The number of fused-ring (bicyclic) bond motifs is 3. The Hall–Kier alpha value is -5.73. The first kappa shape index (κ1) is 38.1. The molecule has 2 amide bonds. The third-order valence-corrected chi connectivity index (χ3v) is 8.53. The number of ether oxygens (including phenoxy) is 2. The summed E-state index contributed by atoms with van der Waals surface area (Å²) in [5.41, 5.74) is 12.8. The fourth-order valence-electron chi connectivity index (χ4n) is 3.90. The summed E-state index contributed by atoms with van der Waals surface area (Å²) in [5, 5.41) is 27.5. The molecule has 6 rings (SSSR count). The summed E-state index contributed by atoms with van der Waals surface area (Å²) in [5.74, 6) is 0. The average molecular weight is 756 g/mol. The van der Waals surface area contributed by atoms with E-state index in [1.807, 2.05) is 32.9 Å². The van der Waals surface area contributed by atoms with Gasteiger partial charge in [-0.2, -0.15) is 0 Å². The topological polar surface area (TPSA) is 254 Å². The standard InChI is InChI=1S/C12H13N3O4S.C12H15N3O2S.C7H5N3O2S/c1-12(2,3)19-11(16)14-10-13-8-5-4-7(15(17)18)6-9(8)20-10;1-12(2,3)17-11(16)15-10-14-8-5-4-7(13)6-9(8)18-10;8-7-9-5-2-1-4(10(11)12)3-6(5)13-7/h4-6H,1-3H3,(H,13,14,16);4-6H,13H2,1-3H3,(H,14,15,16);1-3H,(H2,8,9). The highest BCUT2D eigenvalue weighted by atomic mass is 32.1. The molecule has 51 heavy (non-hydrogen) atoms. The minimum atomic E-state index is -0.606. The Kier molecular flexibility index (Phi) is 11.5. The summed E-state index contributed by atoms with van der Waals surface area (Å²) >= 11 is 3.76. The van der Waals surface area contributed by atoms with Gasteiger partial charge in [0.25, 0.3) is 11.4 Å². The molecule has 268 valence electrons. The lowest BCUT2D eigenvalue weighted by Gasteiger charge is -2.18. The Balaban J connectivity index is 0.000000175. The fraction of sp³-hybridized carbons (Fsp3) is 0.258. The molecule has 0 saturated carbocycles. The van der Waals surface area contributed by atoms with Crippen LogP contribution in [0.4, 0.5) is 42.0 Å². The van der Waals surface area contributed by atoms with Crippen LogP contribution in [0.2, 0.25) is 0 Å². The van der Waals surface area contributed by atoms with Crippen LogP contribution < -0.4 is 22.1 Å². The van der Waals surface area contributed by atoms with Crippen LogP contribution in [0.3, 0.4) is 0 Å². The molecule has 20 heteroatoms. The highest BCUT2D eigenvalue weighted by molar-refractivity contribution is 7.23. The molecule has 6 aromatic rings. The molecule has 0 aliphatic rings. The zero-order valence-corrected chi connectivity index (χ0v) is 30.5. The Morgan fingerprint density at radius 3 is 1.47 bits per heavy atom. The number of non-ortho nitro benzene ring substituents is 2. The first-order valence-electron chi connectivity index (χ1n) is 14.8. The van der Waals surface area contributed by atoms with Gasteiger partial charge in [-0.25, -0.2) is 24.5 Å². The SMILES string of the molecule is CC(C)(C)OC(=O)Nc1nc2ccc(N)cc2s1.CC(C)(C)OC(=O)Nc1nc2ccc([N+](=O)[O-])cc2s1.Nc1nc2ccc([N+](=O)[O-])cc2s1. The van der Waals surface area contributed by atoms with Crippen molar-refractivity contribution in [3.05, 3.63) is 74.8 Å². The Bertz CT molecular complexity index is 2240. The number of amides is 2. The number of carbonyl (C=O) groups is 2. The molecule has 0 saturated heterocycles. The predicted octanol–water partition coefficient (Wildman–Crippen LogP) is 8.56. The summed E-state index contributed by atoms with van der Waals surface area (Å²) in [6.07, 6.45) is -1.11. The van der Waals surface area contributed by atoms with Crippen molar-refractivity contribution >= 4 is 109 Å². The second-order valence-corrected chi connectivity index (χ2v) is 15.5. The first-order chi connectivity index (χ1) is 23.7. The summed E-state index contributed by atoms with van der Waals surface area (Å²) in [4.78, 5) is 55.8. The van der Waals surface area contributed by atoms with E-state index < -0.39 is 33.2 Å². The molecule has 0 fully saturated rings. The van der Waals surface area contributed by atoms with Crippen molar-refractivity contribution in [2.75, 3.05) is 22.1 Å². The van der Waals surface area contributed by atoms with Gasteiger partial charge in [-0.15, -0.1) is 0 Å². The van der Waals surface area contributed by atoms with Crippen LogP contribution in [0, 0.1) is 20.2 Å². The Morgan fingerprint density at radius 1 is 0.647 bits per heavy atom. The number of hydrogen-bond acceptors (Lipinski definition) is 16. The maximum absolute atomic E-state index is 11.6. The van der Waals surface area contributed by atoms with E-state index in [0.717, 1.165) is 26.3 Å². The van der Waals surface area contributed by atoms with Crippen LogP contribution in [-0.2, 0) is 9.47 Å². The number of anilines is 4. The van der Waals surface area contributed by atoms with Crippen molar-refractivity contribution < 1.29 is 28.9 Å². The van der Waals surface area contributed by atoms with E-state index in [9.17, 15) is 29.8 Å². The summed E-state index contributed by atoms with van der Waals surface area (Å²) in [6, 6.07) is 14.3. The Labute approximate surface area is 301 Å². The molecular formula is C31H33N9O8S3. The molecule has 3 heterocycles. The second kappa shape index (κ2) is 15.4. The van der Waals surface area contributed by atoms with Crippen LogP contribution in [0.1, 0.15) is 41.5 Å². The van der Waals surface area contributed by atoms with E-state index in [4.69, 9.17) is 20.9 Å². The lowest BCUT2D eigenvalue weighted by Crippen LogP contribution is -2.27. The number of benzene rings is 3. The highest BCUT2D eigenvalue weighted by Gasteiger charge is 2.19. The number of aromatic nitrogens is 3. The lowest BCUT2D eigenvalue weighted by atomic mass is 10.2. The molecule has 0 aliphatic carbocycles. The van der Waals surface area contributed by atoms with Crippen LogP contribution in [0.15, 0.2) is 54.6 Å². The molecule has 17 nitrogen and oxygen atoms in total. The lowest BCUT2D eigenvalue weighted by molar-refractivity contribution is -0.384. The highest BCUT2D eigenvalue weighted by Crippen LogP contribution is 2.30. The molecule has 0 atom stereocenters. The molecule has 0 radical (unpaired) electrons. The predicted molar refractivity (Wildman–Crippen MR) is 201 cm³/mol. The molecule has 0 spiro atoms. The number of carbonyl (C=O) groups excluding carboxylic acids is 2. The van der Waals surface area contributed by atoms with Crippen LogP contribution in [-0.4, -0.2) is 48.2 Å². The number of nitrogen functional groups attached to an aromatic ring is 2. The molecule has 6 N–H and O–H groups in total. The van der Waals surface area contributed by atoms with Crippen molar-refractivity contribution in [2.45, 2.75) is 52.7 Å². The van der Waals surface area contributed by atoms with Crippen molar-refractivity contribution in [1.82, 2.24) is 15.0 Å². The van der Waals surface area contributed by atoms with Gasteiger partial charge in [-0.1, -0.05) is 34.0 Å². The number of nitrogens with zero attached hydrogens (tertiary/aromatic N) is 5. The smallest absolute Gasteiger partial charge is 0.413 e. The van der Waals surface area contributed by atoms with Gasteiger partial charge < -0.3 is 20.9 Å². The van der Waals surface area contributed by atoms with E-state index in [2.05, 4.69) is 25.6 Å². The van der Waals surface area contributed by atoms with E-state index in [0.29, 0.717) is 36.8 Å². The molecule has 0 aliphatic heterocycles.